The number of methoxy groups -OCH3 is 1. The number of benzene rings is 2. The first-order chi connectivity index (χ1) is 13.0. The van der Waals surface area contributed by atoms with Crippen LogP contribution in [0.25, 0.3) is 5.70 Å². The summed E-state index contributed by atoms with van der Waals surface area (Å²) in [6.07, 6.45) is 3.34. The highest BCUT2D eigenvalue weighted by atomic mass is 19.1. The molecule has 1 aliphatic heterocycles. The molecule has 0 saturated heterocycles. The fourth-order valence-corrected chi connectivity index (χ4v) is 3.32. The van der Waals surface area contributed by atoms with Crippen LogP contribution in [0.15, 0.2) is 40.9 Å². The number of aliphatic imine (C=N–C) groups is 1. The van der Waals surface area contributed by atoms with E-state index in [2.05, 4.69) is 23.7 Å². The van der Waals surface area contributed by atoms with Crippen molar-refractivity contribution in [2.24, 2.45) is 4.99 Å². The van der Waals surface area contributed by atoms with Crippen LogP contribution in [0.1, 0.15) is 37.0 Å². The molecule has 0 aliphatic carbocycles. The van der Waals surface area contributed by atoms with Crippen molar-refractivity contribution in [1.82, 2.24) is 4.90 Å². The number of halogens is 1. The molecule has 0 radical (unpaired) electrons. The molecule has 3 rings (SSSR count). The normalized spacial score (nSPS) is 14.9. The van der Waals surface area contributed by atoms with Gasteiger partial charge < -0.3 is 15.4 Å². The quantitative estimate of drug-likeness (QED) is 0.750. The predicted octanol–water partition coefficient (Wildman–Crippen LogP) is 5.08. The maximum absolute atomic E-state index is 14.3. The molecule has 1 heterocycles. The van der Waals surface area contributed by atoms with Crippen LogP contribution < -0.4 is 10.5 Å². The summed E-state index contributed by atoms with van der Waals surface area (Å²) in [5.74, 6) is 0.283. The lowest BCUT2D eigenvalue weighted by Gasteiger charge is -2.30. The van der Waals surface area contributed by atoms with Crippen molar-refractivity contribution in [3.8, 4) is 5.75 Å². The number of nitrogens with zero attached hydrogens (tertiary/aromatic N) is 2. The van der Waals surface area contributed by atoms with Crippen LogP contribution in [0, 0.1) is 12.7 Å². The van der Waals surface area contributed by atoms with E-state index in [1.165, 1.54) is 18.7 Å². The molecule has 27 heavy (non-hydrogen) atoms. The van der Waals surface area contributed by atoms with Crippen molar-refractivity contribution in [1.29, 1.82) is 0 Å². The van der Waals surface area contributed by atoms with E-state index < -0.39 is 0 Å². The Morgan fingerprint density at radius 1 is 1.26 bits per heavy atom. The molecule has 5 heteroatoms. The first-order valence-corrected chi connectivity index (χ1v) is 9.18. The number of nitrogen functional groups attached to an aromatic ring is 1. The SMILES string of the molecule is CC/C(C)=C1\c2ccc(N)c(C)c2N=CN1CCc1ccc(OC)cc1F. The molecule has 1 aliphatic rings. The van der Waals surface area contributed by atoms with Gasteiger partial charge in [-0.1, -0.05) is 13.0 Å². The molecule has 0 spiro atoms. The minimum Gasteiger partial charge on any atom is -0.497 e. The smallest absolute Gasteiger partial charge is 0.130 e. The number of hydrogen-bond acceptors (Lipinski definition) is 4. The molecule has 0 aromatic heterocycles. The molecule has 4 nitrogen and oxygen atoms in total. The topological polar surface area (TPSA) is 50.8 Å². The van der Waals surface area contributed by atoms with Crippen molar-refractivity contribution in [3.63, 3.8) is 0 Å². The highest BCUT2D eigenvalue weighted by molar-refractivity contribution is 5.91. The van der Waals surface area contributed by atoms with Crippen LogP contribution in [0.5, 0.6) is 5.75 Å². The number of nitrogens with two attached hydrogens (primary N) is 1. The second-order valence-electron chi connectivity index (χ2n) is 6.80. The number of fused-ring (bicyclic) bond motifs is 1. The number of rotatable bonds is 5. The summed E-state index contributed by atoms with van der Waals surface area (Å²) in [7, 11) is 1.54. The summed E-state index contributed by atoms with van der Waals surface area (Å²) < 4.78 is 19.4. The van der Waals surface area contributed by atoms with E-state index in [0.717, 1.165) is 34.6 Å². The zero-order valence-corrected chi connectivity index (χ0v) is 16.3. The maximum atomic E-state index is 14.3. The first-order valence-electron chi connectivity index (χ1n) is 9.18. The highest BCUT2D eigenvalue weighted by Gasteiger charge is 2.22. The van der Waals surface area contributed by atoms with Crippen LogP contribution in [0.4, 0.5) is 15.8 Å². The van der Waals surface area contributed by atoms with Gasteiger partial charge in [0.1, 0.15) is 11.6 Å². The molecule has 2 aromatic rings. The van der Waals surface area contributed by atoms with E-state index in [1.807, 2.05) is 25.4 Å². The lowest BCUT2D eigenvalue weighted by molar-refractivity contribution is 0.410. The zero-order chi connectivity index (χ0) is 19.6. The van der Waals surface area contributed by atoms with Gasteiger partial charge in [-0.25, -0.2) is 9.38 Å². The van der Waals surface area contributed by atoms with Gasteiger partial charge in [-0.15, -0.1) is 0 Å². The molecule has 0 atom stereocenters. The monoisotopic (exact) mass is 367 g/mol. The van der Waals surface area contributed by atoms with Crippen LogP contribution in [0.3, 0.4) is 0 Å². The van der Waals surface area contributed by atoms with Gasteiger partial charge in [0.15, 0.2) is 0 Å². The third-order valence-electron chi connectivity index (χ3n) is 5.16. The molecule has 2 N–H and O–H groups in total. The molecule has 0 fully saturated rings. The van der Waals surface area contributed by atoms with Gasteiger partial charge in [0.05, 0.1) is 24.8 Å². The van der Waals surface area contributed by atoms with E-state index in [-0.39, 0.29) is 5.82 Å². The predicted molar refractivity (Wildman–Crippen MR) is 110 cm³/mol. The van der Waals surface area contributed by atoms with Crippen LogP contribution in [-0.4, -0.2) is 24.9 Å². The number of ether oxygens (including phenoxy) is 1. The summed E-state index contributed by atoms with van der Waals surface area (Å²) in [6.45, 7) is 6.90. The Hall–Kier alpha value is -2.82. The molecule has 0 unspecified atom stereocenters. The molecule has 2 aromatic carbocycles. The Kier molecular flexibility index (Phi) is 5.49. The second kappa shape index (κ2) is 7.82. The van der Waals surface area contributed by atoms with Crippen LogP contribution in [-0.2, 0) is 6.42 Å². The van der Waals surface area contributed by atoms with Gasteiger partial charge in [-0.05, 0) is 61.6 Å². The standard InChI is InChI=1S/C22H26FN3O/c1-5-14(2)22-18-8-9-20(24)15(3)21(18)25-13-26(22)11-10-16-6-7-17(27-4)12-19(16)23/h6-9,12-13H,5,10-11,24H2,1-4H3/b22-14+. The van der Waals surface area contributed by atoms with Crippen molar-refractivity contribution < 1.29 is 9.13 Å². The third-order valence-corrected chi connectivity index (χ3v) is 5.16. The molecular formula is C22H26FN3O. The van der Waals surface area contributed by atoms with Gasteiger partial charge in [0, 0.05) is 23.9 Å². The van der Waals surface area contributed by atoms with Gasteiger partial charge in [0.25, 0.3) is 0 Å². The average molecular weight is 367 g/mol. The fraction of sp³-hybridized carbons (Fsp3) is 0.318. The maximum Gasteiger partial charge on any atom is 0.130 e. The Morgan fingerprint density at radius 3 is 2.70 bits per heavy atom. The Bertz CT molecular complexity index is 918. The van der Waals surface area contributed by atoms with Gasteiger partial charge >= 0.3 is 0 Å². The van der Waals surface area contributed by atoms with E-state index in [9.17, 15) is 4.39 Å². The van der Waals surface area contributed by atoms with Crippen molar-refractivity contribution in [2.75, 3.05) is 19.4 Å². The van der Waals surface area contributed by atoms with E-state index in [0.29, 0.717) is 24.3 Å². The highest BCUT2D eigenvalue weighted by Crippen LogP contribution is 2.39. The van der Waals surface area contributed by atoms with Crippen molar-refractivity contribution in [3.05, 3.63) is 58.4 Å². The van der Waals surface area contributed by atoms with Crippen LogP contribution >= 0.6 is 0 Å². The van der Waals surface area contributed by atoms with E-state index in [4.69, 9.17) is 10.5 Å². The number of allylic oxidation sites excluding steroid dienone is 1. The van der Waals surface area contributed by atoms with E-state index >= 15 is 0 Å². The van der Waals surface area contributed by atoms with Gasteiger partial charge in [-0.3, -0.25) is 0 Å². The van der Waals surface area contributed by atoms with Gasteiger partial charge in [0.2, 0.25) is 0 Å². The van der Waals surface area contributed by atoms with Crippen LogP contribution in [0.2, 0.25) is 0 Å². The molecular weight excluding hydrogens is 341 g/mol. The largest absolute Gasteiger partial charge is 0.497 e. The minimum atomic E-state index is -0.245. The average Bonchev–Trinajstić information content (AvgIpc) is 2.68. The summed E-state index contributed by atoms with van der Waals surface area (Å²) in [4.78, 5) is 6.75. The van der Waals surface area contributed by atoms with Gasteiger partial charge in [-0.2, -0.15) is 0 Å². The number of hydrogen-bond donors (Lipinski definition) is 1. The van der Waals surface area contributed by atoms with Crippen molar-refractivity contribution in [2.45, 2.75) is 33.6 Å². The zero-order valence-electron chi connectivity index (χ0n) is 16.3. The summed E-state index contributed by atoms with van der Waals surface area (Å²) in [6, 6.07) is 8.96. The summed E-state index contributed by atoms with van der Waals surface area (Å²) >= 11 is 0. The number of anilines is 1. The Labute approximate surface area is 160 Å². The Balaban J connectivity index is 1.91. The molecule has 142 valence electrons. The fourth-order valence-electron chi connectivity index (χ4n) is 3.32. The summed E-state index contributed by atoms with van der Waals surface area (Å²) in [5.41, 5.74) is 12.9. The lowest BCUT2D eigenvalue weighted by Crippen LogP contribution is -2.27. The first kappa shape index (κ1) is 19.0. The van der Waals surface area contributed by atoms with Crippen molar-refractivity contribution >= 4 is 23.4 Å². The lowest BCUT2D eigenvalue weighted by atomic mass is 9.97. The molecule has 0 bridgehead atoms. The second-order valence-corrected chi connectivity index (χ2v) is 6.80. The molecule has 0 amide bonds. The van der Waals surface area contributed by atoms with E-state index in [1.54, 1.807) is 12.1 Å². The minimum absolute atomic E-state index is 0.245. The third kappa shape index (κ3) is 3.68. The summed E-state index contributed by atoms with van der Waals surface area (Å²) in [5, 5.41) is 0. The molecule has 0 saturated carbocycles. The Morgan fingerprint density at radius 2 is 2.04 bits per heavy atom.